The highest BCUT2D eigenvalue weighted by molar-refractivity contribution is 6.00. The van der Waals surface area contributed by atoms with Crippen molar-refractivity contribution in [3.63, 3.8) is 0 Å². The van der Waals surface area contributed by atoms with Gasteiger partial charge in [-0.2, -0.15) is 0 Å². The molecule has 9 heteroatoms. The van der Waals surface area contributed by atoms with E-state index in [1.165, 1.54) is 11.1 Å². The molecule has 1 saturated heterocycles. The van der Waals surface area contributed by atoms with Gasteiger partial charge in [-0.3, -0.25) is 0 Å². The molecular formula is C15H17FN4O4. The molecule has 0 radical (unpaired) electrons. The first kappa shape index (κ1) is 16.2. The summed E-state index contributed by atoms with van der Waals surface area (Å²) < 4.78 is 19.3. The van der Waals surface area contributed by atoms with Crippen LogP contribution in [0.5, 0.6) is 0 Å². The molecular weight excluding hydrogens is 319 g/mol. The number of esters is 1. The summed E-state index contributed by atoms with van der Waals surface area (Å²) in [5, 5.41) is 12.3. The van der Waals surface area contributed by atoms with Crippen molar-refractivity contribution in [2.45, 2.75) is 6.92 Å². The molecule has 24 heavy (non-hydrogen) atoms. The predicted molar refractivity (Wildman–Crippen MR) is 83.4 cm³/mol. The molecule has 3 heterocycles. The lowest BCUT2D eigenvalue weighted by molar-refractivity contribution is -0.135. The maximum absolute atomic E-state index is 14.5. The SMILES string of the molecule is CCN1C=C(C(=O)O)OC(=O)c2cc(F)c(N3CCNCC3)nc21. The number of pyridine rings is 1. The van der Waals surface area contributed by atoms with E-state index in [1.807, 2.05) is 0 Å². The first-order chi connectivity index (χ1) is 11.5. The van der Waals surface area contributed by atoms with Crippen LogP contribution in [0.2, 0.25) is 0 Å². The molecule has 0 aromatic carbocycles. The molecule has 0 atom stereocenters. The second-order valence-electron chi connectivity index (χ2n) is 5.38. The number of piperazine rings is 1. The van der Waals surface area contributed by atoms with Gasteiger partial charge in [0.2, 0.25) is 5.76 Å². The van der Waals surface area contributed by atoms with Crippen LogP contribution in [0.1, 0.15) is 17.3 Å². The van der Waals surface area contributed by atoms with Gasteiger partial charge in [0.25, 0.3) is 0 Å². The van der Waals surface area contributed by atoms with E-state index in [1.54, 1.807) is 11.8 Å². The van der Waals surface area contributed by atoms with Crippen molar-refractivity contribution < 1.29 is 23.8 Å². The van der Waals surface area contributed by atoms with Gasteiger partial charge in [0.15, 0.2) is 11.6 Å². The molecule has 2 N–H and O–H groups in total. The third-order valence-corrected chi connectivity index (χ3v) is 3.87. The summed E-state index contributed by atoms with van der Waals surface area (Å²) in [7, 11) is 0. The number of rotatable bonds is 3. The van der Waals surface area contributed by atoms with Gasteiger partial charge < -0.3 is 25.0 Å². The van der Waals surface area contributed by atoms with E-state index in [4.69, 9.17) is 9.84 Å². The van der Waals surface area contributed by atoms with Gasteiger partial charge in [-0.05, 0) is 13.0 Å². The van der Waals surface area contributed by atoms with Crippen molar-refractivity contribution in [2.24, 2.45) is 0 Å². The quantitative estimate of drug-likeness (QED) is 0.773. The molecule has 0 aliphatic carbocycles. The minimum atomic E-state index is -1.38. The van der Waals surface area contributed by atoms with Gasteiger partial charge >= 0.3 is 11.9 Å². The summed E-state index contributed by atoms with van der Waals surface area (Å²) in [6, 6.07) is 1.06. The van der Waals surface area contributed by atoms with Gasteiger partial charge in [0.1, 0.15) is 11.4 Å². The first-order valence-corrected chi connectivity index (χ1v) is 7.61. The Morgan fingerprint density at radius 2 is 2.12 bits per heavy atom. The Morgan fingerprint density at radius 1 is 1.42 bits per heavy atom. The summed E-state index contributed by atoms with van der Waals surface area (Å²) in [5.74, 6) is -3.14. The van der Waals surface area contributed by atoms with Crippen LogP contribution in [0, 0.1) is 5.82 Å². The number of ether oxygens (including phenoxy) is 1. The number of hydrogen-bond acceptors (Lipinski definition) is 7. The number of carbonyl (C=O) groups excluding carboxylic acids is 1. The van der Waals surface area contributed by atoms with Gasteiger partial charge in [-0.15, -0.1) is 0 Å². The van der Waals surface area contributed by atoms with E-state index in [-0.39, 0.29) is 17.2 Å². The Kier molecular flexibility index (Phi) is 4.34. The van der Waals surface area contributed by atoms with Crippen LogP contribution in [-0.4, -0.2) is 54.8 Å². The van der Waals surface area contributed by atoms with Crippen molar-refractivity contribution in [2.75, 3.05) is 42.5 Å². The number of carboxylic acid groups (broad SMARTS) is 1. The highest BCUT2D eigenvalue weighted by atomic mass is 19.1. The Labute approximate surface area is 137 Å². The average Bonchev–Trinajstić information content (AvgIpc) is 2.72. The van der Waals surface area contributed by atoms with Gasteiger partial charge in [0, 0.05) is 32.7 Å². The van der Waals surface area contributed by atoms with E-state index in [0.717, 1.165) is 6.07 Å². The normalized spacial score (nSPS) is 17.8. The molecule has 8 nitrogen and oxygen atoms in total. The van der Waals surface area contributed by atoms with Crippen LogP contribution < -0.4 is 15.1 Å². The van der Waals surface area contributed by atoms with Crippen LogP contribution in [-0.2, 0) is 9.53 Å². The molecule has 0 unspecified atom stereocenters. The van der Waals surface area contributed by atoms with Gasteiger partial charge in [0.05, 0.1) is 6.20 Å². The molecule has 3 rings (SSSR count). The standard InChI is InChI=1S/C15H17FN4O4/c1-2-19-8-11(14(21)22)24-15(23)9-7-10(16)13(18-12(9)19)20-5-3-17-4-6-20/h7-8,17H,2-6H2,1H3,(H,21,22). The summed E-state index contributed by atoms with van der Waals surface area (Å²) in [4.78, 5) is 30.9. The molecule has 2 aliphatic rings. The summed E-state index contributed by atoms with van der Waals surface area (Å²) in [5.41, 5.74) is -0.0965. The van der Waals surface area contributed by atoms with Gasteiger partial charge in [-0.25, -0.2) is 19.0 Å². The van der Waals surface area contributed by atoms with E-state index < -0.39 is 23.5 Å². The molecule has 1 aromatic heterocycles. The number of nitrogens with zero attached hydrogens (tertiary/aromatic N) is 3. The summed E-state index contributed by atoms with van der Waals surface area (Å²) >= 11 is 0. The zero-order valence-corrected chi connectivity index (χ0v) is 13.1. The minimum Gasteiger partial charge on any atom is -0.475 e. The second-order valence-corrected chi connectivity index (χ2v) is 5.38. The molecule has 1 aromatic rings. The number of nitrogens with one attached hydrogen (secondary N) is 1. The Bertz CT molecular complexity index is 716. The topological polar surface area (TPSA) is 95.0 Å². The van der Waals surface area contributed by atoms with Crippen molar-refractivity contribution in [1.29, 1.82) is 0 Å². The second kappa shape index (κ2) is 6.44. The molecule has 0 saturated carbocycles. The van der Waals surface area contributed by atoms with Crippen molar-refractivity contribution in [1.82, 2.24) is 10.3 Å². The molecule has 1 fully saturated rings. The molecule has 128 valence electrons. The fraction of sp³-hybridized carbons (Fsp3) is 0.400. The number of cyclic esters (lactones) is 1. The minimum absolute atomic E-state index is 0.0965. The third-order valence-electron chi connectivity index (χ3n) is 3.87. The molecule has 0 amide bonds. The van der Waals surface area contributed by atoms with E-state index in [9.17, 15) is 14.0 Å². The zero-order valence-electron chi connectivity index (χ0n) is 13.1. The average molecular weight is 336 g/mol. The zero-order chi connectivity index (χ0) is 17.3. The van der Waals surface area contributed by atoms with E-state index in [0.29, 0.717) is 32.7 Å². The fourth-order valence-electron chi connectivity index (χ4n) is 2.66. The van der Waals surface area contributed by atoms with Gasteiger partial charge in [-0.1, -0.05) is 0 Å². The van der Waals surface area contributed by atoms with Crippen LogP contribution in [0.15, 0.2) is 18.0 Å². The Morgan fingerprint density at radius 3 is 2.75 bits per heavy atom. The Balaban J connectivity index is 2.08. The number of aliphatic carboxylic acids is 1. The largest absolute Gasteiger partial charge is 0.475 e. The number of fused-ring (bicyclic) bond motifs is 1. The van der Waals surface area contributed by atoms with Crippen molar-refractivity contribution in [3.05, 3.63) is 29.4 Å². The number of carbonyl (C=O) groups is 2. The number of anilines is 2. The summed E-state index contributed by atoms with van der Waals surface area (Å²) in [6.07, 6.45) is 1.19. The smallest absolute Gasteiger partial charge is 0.373 e. The van der Waals surface area contributed by atoms with E-state index >= 15 is 0 Å². The number of aromatic nitrogens is 1. The predicted octanol–water partition coefficient (Wildman–Crippen LogP) is 0.553. The summed E-state index contributed by atoms with van der Waals surface area (Å²) in [6.45, 7) is 4.72. The van der Waals surface area contributed by atoms with E-state index in [2.05, 4.69) is 10.3 Å². The van der Waals surface area contributed by atoms with Crippen LogP contribution in [0.4, 0.5) is 16.0 Å². The third kappa shape index (κ3) is 2.90. The highest BCUT2D eigenvalue weighted by Gasteiger charge is 2.30. The molecule has 0 spiro atoms. The number of halogens is 1. The lowest BCUT2D eigenvalue weighted by atomic mass is 10.2. The maximum Gasteiger partial charge on any atom is 0.373 e. The lowest BCUT2D eigenvalue weighted by Crippen LogP contribution is -2.44. The van der Waals surface area contributed by atoms with Crippen molar-refractivity contribution >= 4 is 23.6 Å². The van der Waals surface area contributed by atoms with Crippen LogP contribution >= 0.6 is 0 Å². The lowest BCUT2D eigenvalue weighted by Gasteiger charge is -2.29. The highest BCUT2D eigenvalue weighted by Crippen LogP contribution is 2.30. The van der Waals surface area contributed by atoms with Crippen LogP contribution in [0.3, 0.4) is 0 Å². The monoisotopic (exact) mass is 336 g/mol. The van der Waals surface area contributed by atoms with Crippen LogP contribution in [0.25, 0.3) is 0 Å². The first-order valence-electron chi connectivity index (χ1n) is 7.61. The van der Waals surface area contributed by atoms with Crippen molar-refractivity contribution in [3.8, 4) is 0 Å². The fourth-order valence-corrected chi connectivity index (χ4v) is 2.66. The molecule has 0 bridgehead atoms. The number of hydrogen-bond donors (Lipinski definition) is 2. The maximum atomic E-state index is 14.5. The number of carboxylic acids is 1. The molecule has 2 aliphatic heterocycles. The Hall–Kier alpha value is -2.68.